The number of nitrogens with two attached hydrogens (primary N) is 1. The maximum absolute atomic E-state index is 10.8. The standard InChI is InChI=1S/C7H16NO3P/c1-12(2,3)11-7-5(8)4-6(9)10-7/h5,7,12H,4,8H2,1-3H3. The Bertz CT molecular complexity index is 190. The van der Waals surface area contributed by atoms with Gasteiger partial charge in [-0.15, -0.1) is 0 Å². The van der Waals surface area contributed by atoms with Crippen LogP contribution in [0.3, 0.4) is 0 Å². The fourth-order valence-electron chi connectivity index (χ4n) is 1.01. The van der Waals surface area contributed by atoms with Crippen LogP contribution in [0.1, 0.15) is 6.42 Å². The minimum atomic E-state index is -1.65. The summed E-state index contributed by atoms with van der Waals surface area (Å²) < 4.78 is 10.5. The van der Waals surface area contributed by atoms with Gasteiger partial charge in [-0.2, -0.15) is 0 Å². The number of rotatable bonds is 2. The molecule has 1 aliphatic rings. The first kappa shape index (κ1) is 9.90. The maximum atomic E-state index is 10.8. The Morgan fingerprint density at radius 3 is 2.50 bits per heavy atom. The molecule has 72 valence electrons. The molecule has 0 aromatic rings. The second kappa shape index (κ2) is 3.29. The molecule has 1 fully saturated rings. The van der Waals surface area contributed by atoms with Crippen molar-refractivity contribution >= 4 is 13.5 Å². The number of carbonyl (C=O) groups excluding carboxylic acids is 1. The van der Waals surface area contributed by atoms with Crippen LogP contribution in [0.15, 0.2) is 0 Å². The Labute approximate surface area is 72.8 Å². The van der Waals surface area contributed by atoms with E-state index in [2.05, 4.69) is 0 Å². The third-order valence-electron chi connectivity index (χ3n) is 1.47. The van der Waals surface area contributed by atoms with Gasteiger partial charge in [0.15, 0.2) is 0 Å². The van der Waals surface area contributed by atoms with Crippen LogP contribution < -0.4 is 5.73 Å². The Balaban J connectivity index is 2.48. The van der Waals surface area contributed by atoms with Crippen LogP contribution in [0.2, 0.25) is 0 Å². The van der Waals surface area contributed by atoms with Crippen molar-refractivity contribution in [2.75, 3.05) is 20.0 Å². The molecule has 5 heteroatoms. The molecular weight excluding hydrogens is 177 g/mol. The molecule has 0 aromatic carbocycles. The molecule has 12 heavy (non-hydrogen) atoms. The van der Waals surface area contributed by atoms with Gasteiger partial charge in [-0.05, 0) is 0 Å². The molecule has 2 N–H and O–H groups in total. The van der Waals surface area contributed by atoms with E-state index in [9.17, 15) is 4.79 Å². The molecule has 0 saturated carbocycles. The van der Waals surface area contributed by atoms with E-state index < -0.39 is 13.8 Å². The summed E-state index contributed by atoms with van der Waals surface area (Å²) in [7, 11) is -1.65. The summed E-state index contributed by atoms with van der Waals surface area (Å²) in [4.78, 5) is 10.8. The van der Waals surface area contributed by atoms with E-state index in [1.165, 1.54) is 0 Å². The molecule has 2 unspecified atom stereocenters. The van der Waals surface area contributed by atoms with E-state index in [0.717, 1.165) is 0 Å². The third kappa shape index (κ3) is 2.70. The van der Waals surface area contributed by atoms with E-state index in [-0.39, 0.29) is 18.4 Å². The van der Waals surface area contributed by atoms with Crippen LogP contribution >= 0.6 is 7.49 Å². The fourth-order valence-corrected chi connectivity index (χ4v) is 1.93. The van der Waals surface area contributed by atoms with Crippen molar-refractivity contribution in [3.8, 4) is 0 Å². The summed E-state index contributed by atoms with van der Waals surface area (Å²) in [6.07, 6.45) is -0.237. The molecule has 1 heterocycles. The van der Waals surface area contributed by atoms with Crippen molar-refractivity contribution in [2.45, 2.75) is 18.8 Å². The van der Waals surface area contributed by atoms with E-state index in [4.69, 9.17) is 15.0 Å². The molecule has 0 aromatic heterocycles. The number of cyclic esters (lactones) is 1. The van der Waals surface area contributed by atoms with Gasteiger partial charge in [0.05, 0.1) is 0 Å². The first-order valence-corrected chi connectivity index (χ1v) is 7.42. The Kier molecular flexibility index (Phi) is 2.71. The summed E-state index contributed by atoms with van der Waals surface area (Å²) >= 11 is 0. The number of hydrogen-bond donors (Lipinski definition) is 1. The molecule has 1 aliphatic heterocycles. The van der Waals surface area contributed by atoms with E-state index in [1.54, 1.807) is 0 Å². The van der Waals surface area contributed by atoms with Crippen molar-refractivity contribution in [3.05, 3.63) is 0 Å². The van der Waals surface area contributed by atoms with Crippen molar-refractivity contribution in [3.63, 3.8) is 0 Å². The van der Waals surface area contributed by atoms with E-state index in [1.807, 2.05) is 20.0 Å². The van der Waals surface area contributed by atoms with Crippen LogP contribution in [0.25, 0.3) is 0 Å². The van der Waals surface area contributed by atoms with Crippen molar-refractivity contribution in [2.24, 2.45) is 5.73 Å². The molecule has 2 atom stereocenters. The van der Waals surface area contributed by atoms with Gasteiger partial charge in [-0.25, -0.2) is 0 Å². The normalized spacial score (nSPS) is 31.8. The van der Waals surface area contributed by atoms with Crippen LogP contribution in [-0.2, 0) is 14.1 Å². The summed E-state index contributed by atoms with van der Waals surface area (Å²) in [6.45, 7) is 6.10. The zero-order valence-corrected chi connectivity index (χ0v) is 8.66. The van der Waals surface area contributed by atoms with Gasteiger partial charge in [0.1, 0.15) is 0 Å². The van der Waals surface area contributed by atoms with Gasteiger partial charge >= 0.3 is 72.0 Å². The summed E-state index contributed by atoms with van der Waals surface area (Å²) in [6, 6.07) is -0.288. The van der Waals surface area contributed by atoms with Gasteiger partial charge in [0, 0.05) is 0 Å². The molecule has 1 saturated heterocycles. The Hall–Kier alpha value is -0.180. The molecule has 0 radical (unpaired) electrons. The number of esters is 1. The molecule has 0 aliphatic carbocycles. The van der Waals surface area contributed by atoms with Gasteiger partial charge < -0.3 is 0 Å². The number of hydrogen-bond acceptors (Lipinski definition) is 4. The third-order valence-corrected chi connectivity index (χ3v) is 2.41. The first-order chi connectivity index (χ1) is 5.38. The van der Waals surface area contributed by atoms with Gasteiger partial charge in [-0.1, -0.05) is 0 Å². The first-order valence-electron chi connectivity index (χ1n) is 4.01. The molecule has 0 spiro atoms. The van der Waals surface area contributed by atoms with E-state index in [0.29, 0.717) is 0 Å². The predicted molar refractivity (Wildman–Crippen MR) is 49.6 cm³/mol. The molecule has 0 amide bonds. The summed E-state index contributed by atoms with van der Waals surface area (Å²) in [5.41, 5.74) is 5.63. The van der Waals surface area contributed by atoms with Crippen molar-refractivity contribution < 1.29 is 14.1 Å². The van der Waals surface area contributed by atoms with Gasteiger partial charge in [-0.3, -0.25) is 0 Å². The number of carbonyl (C=O) groups is 1. The van der Waals surface area contributed by atoms with Crippen LogP contribution in [0.5, 0.6) is 0 Å². The van der Waals surface area contributed by atoms with Crippen molar-refractivity contribution in [1.82, 2.24) is 0 Å². The molecule has 0 bridgehead atoms. The summed E-state index contributed by atoms with van der Waals surface area (Å²) in [5, 5.41) is 0. The van der Waals surface area contributed by atoms with Gasteiger partial charge in [0.25, 0.3) is 0 Å². The SMILES string of the molecule is C[PH](C)(C)OC1OC(=O)CC1N. The quantitative estimate of drug-likeness (QED) is 0.501. The van der Waals surface area contributed by atoms with Crippen LogP contribution in [0.4, 0.5) is 0 Å². The van der Waals surface area contributed by atoms with Crippen molar-refractivity contribution in [1.29, 1.82) is 0 Å². The predicted octanol–water partition coefficient (Wildman–Crippen LogP) is 0.158. The monoisotopic (exact) mass is 193 g/mol. The fraction of sp³-hybridized carbons (Fsp3) is 0.857. The zero-order chi connectivity index (χ0) is 9.35. The van der Waals surface area contributed by atoms with Gasteiger partial charge in [0.2, 0.25) is 0 Å². The topological polar surface area (TPSA) is 61.5 Å². The average Bonchev–Trinajstić information content (AvgIpc) is 2.06. The second-order valence-electron chi connectivity index (χ2n) is 3.96. The average molecular weight is 193 g/mol. The Morgan fingerprint density at radius 1 is 1.58 bits per heavy atom. The van der Waals surface area contributed by atoms with E-state index >= 15 is 0 Å². The molecule has 4 nitrogen and oxygen atoms in total. The second-order valence-corrected chi connectivity index (χ2v) is 8.42. The zero-order valence-electron chi connectivity index (χ0n) is 7.66. The Morgan fingerprint density at radius 2 is 2.17 bits per heavy atom. The summed E-state index contributed by atoms with van der Waals surface area (Å²) in [5.74, 6) is -0.259. The molecular formula is C7H16NO3P. The molecule has 1 rings (SSSR count). The van der Waals surface area contributed by atoms with Crippen LogP contribution in [-0.4, -0.2) is 38.3 Å². The number of ether oxygens (including phenoxy) is 1. The minimum absolute atomic E-state index is 0.259. The van der Waals surface area contributed by atoms with Crippen LogP contribution in [0, 0.1) is 0 Å².